The summed E-state index contributed by atoms with van der Waals surface area (Å²) in [4.78, 5) is 3.77. The minimum absolute atomic E-state index is 0.410. The van der Waals surface area contributed by atoms with Crippen LogP contribution in [-0.4, -0.2) is 28.1 Å². The molecule has 3 rings (SSSR count). The first-order valence-electron chi connectivity index (χ1n) is 7.78. The lowest BCUT2D eigenvalue weighted by atomic mass is 9.99. The van der Waals surface area contributed by atoms with Crippen LogP contribution in [0.4, 0.5) is 5.82 Å². The van der Waals surface area contributed by atoms with Crippen LogP contribution in [0.3, 0.4) is 0 Å². The summed E-state index contributed by atoms with van der Waals surface area (Å²) in [5.41, 5.74) is 3.74. The van der Waals surface area contributed by atoms with Crippen molar-refractivity contribution in [3.05, 3.63) is 35.0 Å². The quantitative estimate of drug-likeness (QED) is 0.854. The van der Waals surface area contributed by atoms with E-state index in [0.717, 1.165) is 37.5 Å². The van der Waals surface area contributed by atoms with Gasteiger partial charge in [-0.15, -0.1) is 15.0 Å². The summed E-state index contributed by atoms with van der Waals surface area (Å²) in [5, 5.41) is 18.3. The van der Waals surface area contributed by atoms with Crippen molar-refractivity contribution in [2.24, 2.45) is 5.92 Å². The van der Waals surface area contributed by atoms with E-state index in [1.807, 2.05) is 6.07 Å². The van der Waals surface area contributed by atoms with E-state index in [1.54, 1.807) is 4.80 Å². The van der Waals surface area contributed by atoms with E-state index in [2.05, 4.69) is 54.1 Å². The molecular formula is C17H21N5. The molecule has 0 saturated carbocycles. The molecule has 1 fully saturated rings. The van der Waals surface area contributed by atoms with Crippen LogP contribution in [-0.2, 0) is 0 Å². The van der Waals surface area contributed by atoms with Crippen molar-refractivity contribution < 1.29 is 0 Å². The summed E-state index contributed by atoms with van der Waals surface area (Å²) in [7, 11) is 0. The molecule has 2 heterocycles. The van der Waals surface area contributed by atoms with Gasteiger partial charge in [0.15, 0.2) is 5.82 Å². The Kier molecular flexibility index (Phi) is 3.84. The van der Waals surface area contributed by atoms with Gasteiger partial charge in [0.05, 0.1) is 5.69 Å². The molecule has 0 bridgehead atoms. The first-order valence-corrected chi connectivity index (χ1v) is 7.78. The Hall–Kier alpha value is -2.35. The highest BCUT2D eigenvalue weighted by Gasteiger charge is 2.22. The first-order chi connectivity index (χ1) is 10.6. The summed E-state index contributed by atoms with van der Waals surface area (Å²) >= 11 is 0. The lowest BCUT2D eigenvalue weighted by Gasteiger charge is -2.30. The van der Waals surface area contributed by atoms with Gasteiger partial charge in [-0.1, -0.05) is 13.0 Å². The fraction of sp³-hybridized carbons (Fsp3) is 0.471. The van der Waals surface area contributed by atoms with Gasteiger partial charge in [0.25, 0.3) is 0 Å². The van der Waals surface area contributed by atoms with E-state index in [-0.39, 0.29) is 0 Å². The number of benzene rings is 1. The van der Waals surface area contributed by atoms with Crippen LogP contribution < -0.4 is 4.90 Å². The maximum atomic E-state index is 9.37. The molecule has 0 N–H and O–H groups in total. The van der Waals surface area contributed by atoms with Gasteiger partial charge < -0.3 is 4.90 Å². The van der Waals surface area contributed by atoms with Crippen LogP contribution in [0.2, 0.25) is 0 Å². The van der Waals surface area contributed by atoms with Gasteiger partial charge in [0.1, 0.15) is 6.07 Å². The molecule has 1 saturated heterocycles. The van der Waals surface area contributed by atoms with Gasteiger partial charge in [0.2, 0.25) is 5.69 Å². The summed E-state index contributed by atoms with van der Waals surface area (Å²) in [5.74, 6) is 1.46. The maximum Gasteiger partial charge on any atom is 0.207 e. The van der Waals surface area contributed by atoms with Crippen molar-refractivity contribution in [3.63, 3.8) is 0 Å². The number of hydrogen-bond donors (Lipinski definition) is 0. The van der Waals surface area contributed by atoms with Crippen molar-refractivity contribution in [1.82, 2.24) is 15.0 Å². The molecule has 114 valence electrons. The molecule has 0 unspecified atom stereocenters. The minimum atomic E-state index is 0.410. The van der Waals surface area contributed by atoms with E-state index >= 15 is 0 Å². The van der Waals surface area contributed by atoms with E-state index < -0.39 is 0 Å². The Morgan fingerprint density at radius 2 is 1.86 bits per heavy atom. The molecule has 5 nitrogen and oxygen atoms in total. The zero-order valence-electron chi connectivity index (χ0n) is 13.4. The SMILES string of the molecule is Cc1ccc(-n2nc(C#N)c(N3CCC(C)CC3)n2)cc1C. The standard InChI is InChI=1S/C17H21N5/c1-12-6-8-21(9-7-12)17-16(11-18)19-22(20-17)15-5-4-13(2)14(3)10-15/h4-5,10,12H,6-9H2,1-3H3. The van der Waals surface area contributed by atoms with Crippen LogP contribution in [0.15, 0.2) is 18.2 Å². The smallest absolute Gasteiger partial charge is 0.207 e. The van der Waals surface area contributed by atoms with Crippen LogP contribution in [0, 0.1) is 31.1 Å². The number of piperidine rings is 1. The van der Waals surface area contributed by atoms with Crippen LogP contribution >= 0.6 is 0 Å². The fourth-order valence-electron chi connectivity index (χ4n) is 2.77. The van der Waals surface area contributed by atoms with Crippen molar-refractivity contribution >= 4 is 5.82 Å². The zero-order chi connectivity index (χ0) is 15.7. The Morgan fingerprint density at radius 3 is 2.50 bits per heavy atom. The van der Waals surface area contributed by atoms with E-state index in [0.29, 0.717) is 11.5 Å². The van der Waals surface area contributed by atoms with E-state index in [9.17, 15) is 5.26 Å². The molecule has 1 aliphatic rings. The number of aromatic nitrogens is 3. The topological polar surface area (TPSA) is 57.7 Å². The summed E-state index contributed by atoms with van der Waals surface area (Å²) in [6, 6.07) is 8.29. The predicted molar refractivity (Wildman–Crippen MR) is 86.2 cm³/mol. The second kappa shape index (κ2) is 5.80. The highest BCUT2D eigenvalue weighted by Crippen LogP contribution is 2.24. The van der Waals surface area contributed by atoms with Crippen molar-refractivity contribution in [2.45, 2.75) is 33.6 Å². The average molecular weight is 295 g/mol. The normalized spacial score (nSPS) is 15.8. The molecule has 0 atom stereocenters. The van der Waals surface area contributed by atoms with Crippen LogP contribution in [0.1, 0.15) is 36.6 Å². The maximum absolute atomic E-state index is 9.37. The molecular weight excluding hydrogens is 274 g/mol. The molecule has 0 radical (unpaired) electrons. The molecule has 0 aliphatic carbocycles. The number of aryl methyl sites for hydroxylation is 2. The molecule has 0 amide bonds. The van der Waals surface area contributed by atoms with Gasteiger partial charge in [0, 0.05) is 13.1 Å². The zero-order valence-corrected chi connectivity index (χ0v) is 13.4. The molecule has 5 heteroatoms. The first kappa shape index (κ1) is 14.6. The summed E-state index contributed by atoms with van der Waals surface area (Å²) in [6.45, 7) is 8.31. The monoisotopic (exact) mass is 295 g/mol. The van der Waals surface area contributed by atoms with E-state index in [4.69, 9.17) is 0 Å². The number of rotatable bonds is 2. The fourth-order valence-corrected chi connectivity index (χ4v) is 2.77. The number of hydrogen-bond acceptors (Lipinski definition) is 4. The van der Waals surface area contributed by atoms with Gasteiger partial charge in [-0.05, 0) is 55.9 Å². The Balaban J connectivity index is 1.94. The van der Waals surface area contributed by atoms with Gasteiger partial charge in [-0.2, -0.15) is 5.26 Å². The third kappa shape index (κ3) is 2.69. The summed E-state index contributed by atoms with van der Waals surface area (Å²) < 4.78 is 0. The Labute approximate surface area is 131 Å². The molecule has 1 aromatic carbocycles. The second-order valence-electron chi connectivity index (χ2n) is 6.21. The van der Waals surface area contributed by atoms with Gasteiger partial charge >= 0.3 is 0 Å². The molecule has 1 aromatic heterocycles. The lowest BCUT2D eigenvalue weighted by Crippen LogP contribution is -2.33. The largest absolute Gasteiger partial charge is 0.353 e. The van der Waals surface area contributed by atoms with Gasteiger partial charge in [-0.3, -0.25) is 0 Å². The second-order valence-corrected chi connectivity index (χ2v) is 6.21. The third-order valence-electron chi connectivity index (χ3n) is 4.51. The summed E-state index contributed by atoms with van der Waals surface area (Å²) in [6.07, 6.45) is 2.28. The Bertz CT molecular complexity index is 717. The average Bonchev–Trinajstić information content (AvgIpc) is 2.95. The lowest BCUT2D eigenvalue weighted by molar-refractivity contribution is 0.436. The van der Waals surface area contributed by atoms with Crippen molar-refractivity contribution in [3.8, 4) is 11.8 Å². The minimum Gasteiger partial charge on any atom is -0.353 e. The number of anilines is 1. The third-order valence-corrected chi connectivity index (χ3v) is 4.51. The van der Waals surface area contributed by atoms with E-state index in [1.165, 1.54) is 11.1 Å². The molecule has 0 spiro atoms. The Morgan fingerprint density at radius 1 is 1.14 bits per heavy atom. The molecule has 2 aromatic rings. The molecule has 1 aliphatic heterocycles. The molecule has 22 heavy (non-hydrogen) atoms. The highest BCUT2D eigenvalue weighted by molar-refractivity contribution is 5.51. The van der Waals surface area contributed by atoms with Crippen LogP contribution in [0.5, 0.6) is 0 Å². The van der Waals surface area contributed by atoms with Crippen molar-refractivity contribution in [1.29, 1.82) is 5.26 Å². The van der Waals surface area contributed by atoms with Crippen LogP contribution in [0.25, 0.3) is 5.69 Å². The number of nitrogens with zero attached hydrogens (tertiary/aromatic N) is 5. The highest BCUT2D eigenvalue weighted by atomic mass is 15.5. The number of nitriles is 1. The van der Waals surface area contributed by atoms with Gasteiger partial charge in [-0.25, -0.2) is 0 Å². The predicted octanol–water partition coefficient (Wildman–Crippen LogP) is 2.99. The van der Waals surface area contributed by atoms with Crippen molar-refractivity contribution in [2.75, 3.05) is 18.0 Å².